The summed E-state index contributed by atoms with van der Waals surface area (Å²) < 4.78 is 0. The van der Waals surface area contributed by atoms with Gasteiger partial charge < -0.3 is 57.7 Å². The molecule has 0 aliphatic carbocycles. The van der Waals surface area contributed by atoms with E-state index in [2.05, 4.69) is 80.4 Å². The van der Waals surface area contributed by atoms with Crippen LogP contribution in [0.2, 0.25) is 0 Å². The average Bonchev–Trinajstić information content (AvgIpc) is 4.04. The molecule has 2 aliphatic heterocycles. The average molecular weight is 1190 g/mol. The molecule has 2 aliphatic rings. The summed E-state index contributed by atoms with van der Waals surface area (Å²) in [5.74, 6) is -4.15. The standard InChI is InChI=1S/C63H115N11O10/c1-17-19-21-22-23-25-27-46(66-57(81)50-28-26-33-74(50)52(76)29-24-20-18-2)53(77)67-48(36-42(5)6)55(79)70-62(13,14)59(83)69-47(35-41(3)4)54(78)68-49(37-43(7)8)56(80)71-63(15,16)60(84)72-61(11,12)58(82)65-31-30-51(75)64-32-34-73-39-44(9)38-45(10)40-73/h41-50H,17-40H2,1-16H3,(H,64,75)(H,65,82)(H,66,81)(H,67,77)(H,68,78)(H,69,83)(H,70,79)(H,71,80)(H,72,84)/t44?,45?,46?,47?,48?,49?,50-/m0/s1. The van der Waals surface area contributed by atoms with Gasteiger partial charge in [-0.3, -0.25) is 47.9 Å². The van der Waals surface area contributed by atoms with E-state index in [-0.39, 0.29) is 61.8 Å². The lowest BCUT2D eigenvalue weighted by molar-refractivity contribution is -0.140. The van der Waals surface area contributed by atoms with E-state index in [0.29, 0.717) is 57.0 Å². The van der Waals surface area contributed by atoms with E-state index in [1.165, 1.54) is 48.0 Å². The van der Waals surface area contributed by atoms with Crippen LogP contribution in [-0.2, 0) is 47.9 Å². The number of hydrogen-bond donors (Lipinski definition) is 9. The quantitative estimate of drug-likeness (QED) is 0.0340. The predicted molar refractivity (Wildman–Crippen MR) is 330 cm³/mol. The smallest absolute Gasteiger partial charge is 0.246 e. The summed E-state index contributed by atoms with van der Waals surface area (Å²) in [5.41, 5.74) is -4.63. The molecule has 10 amide bonds. The fourth-order valence-electron chi connectivity index (χ4n) is 11.0. The van der Waals surface area contributed by atoms with Crippen LogP contribution < -0.4 is 47.9 Å². The molecule has 21 nitrogen and oxygen atoms in total. The highest BCUT2D eigenvalue weighted by Crippen LogP contribution is 2.23. The summed E-state index contributed by atoms with van der Waals surface area (Å²) in [6, 6.07) is -5.08. The summed E-state index contributed by atoms with van der Waals surface area (Å²) in [7, 11) is 0. The maximum atomic E-state index is 14.3. The van der Waals surface area contributed by atoms with Crippen LogP contribution in [0.25, 0.3) is 0 Å². The van der Waals surface area contributed by atoms with Gasteiger partial charge in [0.2, 0.25) is 59.1 Å². The largest absolute Gasteiger partial charge is 0.355 e. The van der Waals surface area contributed by atoms with Crippen molar-refractivity contribution in [3.63, 3.8) is 0 Å². The van der Waals surface area contributed by atoms with Crippen LogP contribution in [0.5, 0.6) is 0 Å². The van der Waals surface area contributed by atoms with Gasteiger partial charge >= 0.3 is 0 Å². The van der Waals surface area contributed by atoms with Crippen molar-refractivity contribution in [3.8, 4) is 0 Å². The first-order chi connectivity index (χ1) is 39.2. The number of hydrogen-bond acceptors (Lipinski definition) is 11. The number of likely N-dealkylation sites (tertiary alicyclic amines) is 2. The molecule has 7 atom stereocenters. The van der Waals surface area contributed by atoms with E-state index >= 15 is 0 Å². The highest BCUT2D eigenvalue weighted by atomic mass is 16.2. The Labute approximate surface area is 504 Å². The summed E-state index contributed by atoms with van der Waals surface area (Å²) in [6.45, 7) is 32.7. The number of piperidine rings is 1. The second-order valence-electron chi connectivity index (χ2n) is 27.2. The maximum absolute atomic E-state index is 14.3. The molecule has 2 saturated heterocycles. The van der Waals surface area contributed by atoms with E-state index in [1.807, 2.05) is 41.5 Å². The minimum absolute atomic E-state index is 0.0513. The lowest BCUT2D eigenvalue weighted by Gasteiger charge is -2.34. The van der Waals surface area contributed by atoms with Gasteiger partial charge in [0.25, 0.3) is 0 Å². The Morgan fingerprint density at radius 1 is 0.500 bits per heavy atom. The number of nitrogens with zero attached hydrogens (tertiary/aromatic N) is 2. The molecule has 0 aromatic carbocycles. The van der Waals surface area contributed by atoms with E-state index in [1.54, 1.807) is 4.90 Å². The second-order valence-corrected chi connectivity index (χ2v) is 27.2. The molecule has 0 aromatic heterocycles. The van der Waals surface area contributed by atoms with E-state index in [0.717, 1.165) is 71.0 Å². The molecule has 0 spiro atoms. The third-order valence-electron chi connectivity index (χ3n) is 15.7. The lowest BCUT2D eigenvalue weighted by atomic mass is 9.92. The Morgan fingerprint density at radius 3 is 1.51 bits per heavy atom. The molecule has 2 heterocycles. The van der Waals surface area contributed by atoms with Crippen molar-refractivity contribution in [2.24, 2.45) is 29.6 Å². The van der Waals surface area contributed by atoms with Gasteiger partial charge in [0, 0.05) is 52.1 Å². The Morgan fingerprint density at radius 2 is 0.976 bits per heavy atom. The molecule has 0 saturated carbocycles. The van der Waals surface area contributed by atoms with Crippen LogP contribution >= 0.6 is 0 Å². The molecule has 482 valence electrons. The highest BCUT2D eigenvalue weighted by molar-refractivity contribution is 6.00. The molecule has 84 heavy (non-hydrogen) atoms. The number of unbranched alkanes of at least 4 members (excludes halogenated alkanes) is 7. The summed E-state index contributed by atoms with van der Waals surface area (Å²) in [5, 5.41) is 25.4. The summed E-state index contributed by atoms with van der Waals surface area (Å²) >= 11 is 0. The first-order valence-electron chi connectivity index (χ1n) is 32.0. The van der Waals surface area contributed by atoms with Crippen LogP contribution in [0.4, 0.5) is 0 Å². The topological polar surface area (TPSA) is 285 Å². The van der Waals surface area contributed by atoms with Gasteiger partial charge in [-0.05, 0) is 122 Å². The SMILES string of the molecule is CCCCCCCCC(NC(=O)[C@@H]1CCCN1C(=O)CCCCC)C(=O)NC(CC(C)C)C(=O)NC(C)(C)C(=O)NC(CC(C)C)C(=O)NC(CC(C)C)C(=O)NC(C)(C)C(=O)NC(C)(C)C(=O)NCCC(=O)NCCN1CC(C)CC(C)C1. The van der Waals surface area contributed by atoms with Gasteiger partial charge in [0.1, 0.15) is 46.8 Å². The normalized spacial score (nSPS) is 18.3. The van der Waals surface area contributed by atoms with Crippen LogP contribution in [-0.4, -0.2) is 155 Å². The van der Waals surface area contributed by atoms with Crippen LogP contribution in [0, 0.1) is 29.6 Å². The first kappa shape index (κ1) is 74.8. The fraction of sp³-hybridized carbons (Fsp3) is 0.841. The Bertz CT molecular complexity index is 2140. The Balaban J connectivity index is 2.17. The zero-order valence-corrected chi connectivity index (χ0v) is 54.7. The van der Waals surface area contributed by atoms with E-state index in [4.69, 9.17) is 0 Å². The number of amides is 10. The van der Waals surface area contributed by atoms with Crippen molar-refractivity contribution in [1.82, 2.24) is 57.7 Å². The van der Waals surface area contributed by atoms with E-state index < -0.39 is 94.1 Å². The Kier molecular flexibility index (Phi) is 32.6. The minimum Gasteiger partial charge on any atom is -0.355 e. The molecule has 6 unspecified atom stereocenters. The number of nitrogens with one attached hydrogen (secondary N) is 9. The minimum atomic E-state index is -1.62. The molecule has 0 aromatic rings. The van der Waals surface area contributed by atoms with Gasteiger partial charge in [-0.1, -0.05) is 121 Å². The van der Waals surface area contributed by atoms with Crippen LogP contribution in [0.3, 0.4) is 0 Å². The van der Waals surface area contributed by atoms with Crippen molar-refractivity contribution in [3.05, 3.63) is 0 Å². The predicted octanol–water partition coefficient (Wildman–Crippen LogP) is 5.67. The highest BCUT2D eigenvalue weighted by Gasteiger charge is 2.41. The first-order valence-corrected chi connectivity index (χ1v) is 32.0. The van der Waals surface area contributed by atoms with Crippen LogP contribution in [0.15, 0.2) is 0 Å². The maximum Gasteiger partial charge on any atom is 0.246 e. The third kappa shape index (κ3) is 27.4. The van der Waals surface area contributed by atoms with Gasteiger partial charge in [0.05, 0.1) is 0 Å². The Hall–Kier alpha value is -5.34. The van der Waals surface area contributed by atoms with E-state index in [9.17, 15) is 47.9 Å². The van der Waals surface area contributed by atoms with Crippen LogP contribution in [0.1, 0.15) is 226 Å². The molecule has 0 bridgehead atoms. The van der Waals surface area contributed by atoms with Crippen molar-refractivity contribution in [2.45, 2.75) is 273 Å². The molecular weight excluding hydrogens is 1070 g/mol. The molecule has 9 N–H and O–H groups in total. The van der Waals surface area contributed by atoms with Gasteiger partial charge in [-0.2, -0.15) is 0 Å². The molecule has 0 radical (unpaired) electrons. The zero-order chi connectivity index (χ0) is 63.5. The fourth-order valence-corrected chi connectivity index (χ4v) is 11.0. The van der Waals surface area contributed by atoms with Crippen molar-refractivity contribution in [1.29, 1.82) is 0 Å². The second kappa shape index (κ2) is 36.6. The molecule has 21 heteroatoms. The van der Waals surface area contributed by atoms with Gasteiger partial charge in [-0.15, -0.1) is 0 Å². The number of carbonyl (C=O) groups is 10. The molecule has 2 fully saturated rings. The van der Waals surface area contributed by atoms with Crippen molar-refractivity contribution < 1.29 is 47.9 Å². The number of carbonyl (C=O) groups excluding carboxylic acids is 10. The monoisotopic (exact) mass is 1190 g/mol. The summed E-state index contributed by atoms with van der Waals surface area (Å²) in [4.78, 5) is 142. The van der Waals surface area contributed by atoms with Gasteiger partial charge in [-0.25, -0.2) is 0 Å². The van der Waals surface area contributed by atoms with Crippen molar-refractivity contribution >= 4 is 59.1 Å². The van der Waals surface area contributed by atoms with Crippen molar-refractivity contribution in [2.75, 3.05) is 39.3 Å². The zero-order valence-electron chi connectivity index (χ0n) is 54.7. The number of rotatable bonds is 38. The molecular formula is C63H115N11O10. The van der Waals surface area contributed by atoms with Gasteiger partial charge in [0.15, 0.2) is 0 Å². The third-order valence-corrected chi connectivity index (χ3v) is 15.7. The molecule has 2 rings (SSSR count). The summed E-state index contributed by atoms with van der Waals surface area (Å²) in [6.07, 6.45) is 12.0. The lowest BCUT2D eigenvalue weighted by Crippen LogP contribution is -2.65.